The van der Waals surface area contributed by atoms with E-state index in [1.807, 2.05) is 12.1 Å². The Morgan fingerprint density at radius 1 is 0.939 bits per heavy atom. The van der Waals surface area contributed by atoms with Gasteiger partial charge < -0.3 is 0 Å². The summed E-state index contributed by atoms with van der Waals surface area (Å²) in [5, 5.41) is 0.610. The Bertz CT molecular complexity index is 1190. The van der Waals surface area contributed by atoms with E-state index in [4.69, 9.17) is 23.2 Å². The lowest BCUT2D eigenvalue weighted by Gasteiger charge is -2.37. The van der Waals surface area contributed by atoms with Gasteiger partial charge in [-0.2, -0.15) is 0 Å². The Morgan fingerprint density at radius 3 is 2.12 bits per heavy atom. The van der Waals surface area contributed by atoms with E-state index in [0.717, 1.165) is 10.9 Å². The van der Waals surface area contributed by atoms with Crippen LogP contribution in [0.3, 0.4) is 0 Å². The van der Waals surface area contributed by atoms with Crippen molar-refractivity contribution in [1.82, 2.24) is 4.90 Å². The van der Waals surface area contributed by atoms with E-state index in [1.165, 1.54) is 15.9 Å². The average molecular weight is 546 g/mol. The lowest BCUT2D eigenvalue weighted by Crippen LogP contribution is -2.45. The molecule has 5 nitrogen and oxygen atoms in total. The van der Waals surface area contributed by atoms with E-state index in [0.29, 0.717) is 28.1 Å². The first-order chi connectivity index (χ1) is 15.8. The van der Waals surface area contributed by atoms with Crippen molar-refractivity contribution < 1.29 is 14.4 Å². The van der Waals surface area contributed by atoms with Gasteiger partial charge in [0.1, 0.15) is 6.67 Å². The van der Waals surface area contributed by atoms with Gasteiger partial charge in [-0.15, -0.1) is 0 Å². The van der Waals surface area contributed by atoms with Gasteiger partial charge in [-0.05, 0) is 72.6 Å². The van der Waals surface area contributed by atoms with Gasteiger partial charge in [0, 0.05) is 15.7 Å². The smallest absolute Gasteiger partial charge is 0.259 e. The number of amides is 3. The second kappa shape index (κ2) is 7.69. The molecule has 6 unspecified atom stereocenters. The molecule has 168 valence electrons. The van der Waals surface area contributed by atoms with E-state index in [2.05, 4.69) is 28.1 Å². The zero-order valence-electron chi connectivity index (χ0n) is 17.3. The summed E-state index contributed by atoms with van der Waals surface area (Å²) in [7, 11) is 0. The van der Waals surface area contributed by atoms with Gasteiger partial charge in [0.15, 0.2) is 0 Å². The molecule has 1 saturated heterocycles. The molecule has 7 rings (SSSR count). The van der Waals surface area contributed by atoms with Crippen molar-refractivity contribution in [2.75, 3.05) is 11.6 Å². The molecule has 2 aromatic carbocycles. The minimum atomic E-state index is -0.365. The quantitative estimate of drug-likeness (QED) is 0.381. The first kappa shape index (κ1) is 21.4. The molecule has 4 aliphatic carbocycles. The summed E-state index contributed by atoms with van der Waals surface area (Å²) >= 11 is 15.6. The molecule has 6 atom stereocenters. The second-order valence-electron chi connectivity index (χ2n) is 9.24. The molecule has 0 aromatic heterocycles. The van der Waals surface area contributed by atoms with Gasteiger partial charge in [-0.3, -0.25) is 24.2 Å². The summed E-state index contributed by atoms with van der Waals surface area (Å²) in [5.41, 5.74) is 0.903. The minimum Gasteiger partial charge on any atom is -0.290 e. The van der Waals surface area contributed by atoms with Gasteiger partial charge in [-0.1, -0.05) is 51.3 Å². The van der Waals surface area contributed by atoms with E-state index in [-0.39, 0.29) is 53.1 Å². The monoisotopic (exact) mass is 544 g/mol. The zero-order chi connectivity index (χ0) is 23.0. The summed E-state index contributed by atoms with van der Waals surface area (Å²) < 4.78 is 0.856. The van der Waals surface area contributed by atoms with Gasteiger partial charge in [0.2, 0.25) is 11.8 Å². The summed E-state index contributed by atoms with van der Waals surface area (Å²) in [5.74, 6) is 0.0208. The molecule has 0 N–H and O–H groups in total. The van der Waals surface area contributed by atoms with Crippen LogP contribution in [0.15, 0.2) is 59.1 Å². The number of halogens is 3. The minimum absolute atomic E-state index is 0.137. The number of anilines is 1. The van der Waals surface area contributed by atoms with E-state index >= 15 is 0 Å². The van der Waals surface area contributed by atoms with Crippen molar-refractivity contribution in [2.24, 2.45) is 35.5 Å². The number of rotatable bonds is 4. The number of hydrogen-bond acceptors (Lipinski definition) is 3. The Hall–Kier alpha value is -2.15. The van der Waals surface area contributed by atoms with Gasteiger partial charge in [-0.25, -0.2) is 0 Å². The number of imide groups is 1. The van der Waals surface area contributed by atoms with Crippen molar-refractivity contribution in [3.63, 3.8) is 0 Å². The maximum Gasteiger partial charge on any atom is 0.259 e. The highest BCUT2D eigenvalue weighted by Crippen LogP contribution is 2.65. The molecule has 3 fully saturated rings. The number of benzene rings is 2. The van der Waals surface area contributed by atoms with Crippen LogP contribution in [-0.2, 0) is 9.59 Å². The highest BCUT2D eigenvalue weighted by atomic mass is 79.9. The topological polar surface area (TPSA) is 57.7 Å². The van der Waals surface area contributed by atoms with E-state index < -0.39 is 0 Å². The van der Waals surface area contributed by atoms with Gasteiger partial charge in [0.25, 0.3) is 5.91 Å². The highest BCUT2D eigenvalue weighted by Gasteiger charge is 2.67. The fourth-order valence-electron chi connectivity index (χ4n) is 5.97. The van der Waals surface area contributed by atoms with Crippen LogP contribution in [0.25, 0.3) is 0 Å². The first-order valence-corrected chi connectivity index (χ1v) is 12.5. The average Bonchev–Trinajstić information content (AvgIpc) is 3.59. The number of allylic oxidation sites excluding steroid dienone is 2. The second-order valence-corrected chi connectivity index (χ2v) is 11.0. The fourth-order valence-corrected chi connectivity index (χ4v) is 6.53. The Labute approximate surface area is 209 Å². The van der Waals surface area contributed by atoms with Crippen LogP contribution < -0.4 is 4.90 Å². The van der Waals surface area contributed by atoms with Crippen molar-refractivity contribution in [3.05, 3.63) is 74.7 Å². The third kappa shape index (κ3) is 3.29. The molecule has 1 aliphatic heterocycles. The molecule has 2 aromatic rings. The number of likely N-dealkylation sites (tertiary alicyclic amines) is 1. The van der Waals surface area contributed by atoms with Crippen molar-refractivity contribution >= 4 is 62.5 Å². The van der Waals surface area contributed by atoms with Crippen LogP contribution in [0.4, 0.5) is 5.69 Å². The maximum absolute atomic E-state index is 13.6. The standard InChI is InChI=1S/C25H19BrCl2N2O3/c26-13-2-4-14(5-3-13)29(23(31)12-1-8-19(27)20(28)9-12)11-30-24(32)21-15-6-7-16(18-10-17(15)18)22(21)25(30)33/h1-9,15-18,21-22H,10-11H2. The molecular formula is C25H19BrCl2N2O3. The fraction of sp³-hybridized carbons (Fsp3) is 0.320. The molecule has 1 heterocycles. The van der Waals surface area contributed by atoms with Crippen LogP contribution in [0, 0.1) is 35.5 Å². The molecule has 2 saturated carbocycles. The molecule has 0 spiro atoms. The van der Waals surface area contributed by atoms with Crippen molar-refractivity contribution in [1.29, 1.82) is 0 Å². The number of carbonyl (C=O) groups is 3. The maximum atomic E-state index is 13.6. The normalized spacial score (nSPS) is 30.9. The van der Waals surface area contributed by atoms with Gasteiger partial charge >= 0.3 is 0 Å². The lowest BCUT2D eigenvalue weighted by atomic mass is 9.63. The van der Waals surface area contributed by atoms with Crippen LogP contribution in [0.2, 0.25) is 10.0 Å². The van der Waals surface area contributed by atoms with Crippen LogP contribution in [-0.4, -0.2) is 29.3 Å². The predicted octanol–water partition coefficient (Wildman–Crippen LogP) is 5.41. The largest absolute Gasteiger partial charge is 0.290 e. The van der Waals surface area contributed by atoms with Gasteiger partial charge in [0.05, 0.1) is 21.9 Å². The Kier molecular flexibility index (Phi) is 4.98. The Balaban J connectivity index is 1.34. The zero-order valence-corrected chi connectivity index (χ0v) is 20.4. The van der Waals surface area contributed by atoms with Crippen LogP contribution in [0.1, 0.15) is 16.8 Å². The van der Waals surface area contributed by atoms with Crippen LogP contribution >= 0.6 is 39.1 Å². The number of hydrogen-bond donors (Lipinski definition) is 0. The third-order valence-electron chi connectivity index (χ3n) is 7.59. The summed E-state index contributed by atoms with van der Waals surface area (Å²) in [6.45, 7) is -0.139. The van der Waals surface area contributed by atoms with E-state index in [9.17, 15) is 14.4 Å². The summed E-state index contributed by atoms with van der Waals surface area (Å²) in [4.78, 5) is 43.2. The summed E-state index contributed by atoms with van der Waals surface area (Å²) in [6, 6.07) is 11.8. The first-order valence-electron chi connectivity index (χ1n) is 10.9. The molecule has 5 aliphatic rings. The Morgan fingerprint density at radius 2 is 1.55 bits per heavy atom. The molecule has 33 heavy (non-hydrogen) atoms. The molecule has 2 bridgehead atoms. The molecular weight excluding hydrogens is 527 g/mol. The number of carbonyl (C=O) groups excluding carboxylic acids is 3. The molecule has 8 heteroatoms. The molecule has 3 amide bonds. The van der Waals surface area contributed by atoms with Crippen LogP contribution in [0.5, 0.6) is 0 Å². The lowest BCUT2D eigenvalue weighted by molar-refractivity contribution is -0.140. The SMILES string of the molecule is O=C1C2C3C=CC(C4CC34)C2C(=O)N1CN(C(=O)c1ccc(Cl)c(Cl)c1)c1ccc(Br)cc1. The number of nitrogens with zero attached hydrogens (tertiary/aromatic N) is 2. The highest BCUT2D eigenvalue weighted by molar-refractivity contribution is 9.10. The molecule has 0 radical (unpaired) electrons. The van der Waals surface area contributed by atoms with Crippen molar-refractivity contribution in [2.45, 2.75) is 6.42 Å². The predicted molar refractivity (Wildman–Crippen MR) is 129 cm³/mol. The third-order valence-corrected chi connectivity index (χ3v) is 8.85. The van der Waals surface area contributed by atoms with E-state index in [1.54, 1.807) is 24.3 Å². The van der Waals surface area contributed by atoms with Crippen molar-refractivity contribution in [3.8, 4) is 0 Å². The summed E-state index contributed by atoms with van der Waals surface area (Å²) in [6.07, 6.45) is 5.39.